The summed E-state index contributed by atoms with van der Waals surface area (Å²) >= 11 is 1.72. The predicted octanol–water partition coefficient (Wildman–Crippen LogP) is 4.04. The zero-order chi connectivity index (χ0) is 12.3. The highest BCUT2D eigenvalue weighted by Gasteiger charge is 2.08. The van der Waals surface area contributed by atoms with E-state index in [4.69, 9.17) is 4.74 Å². The Balaban J connectivity index is 2.15. The fourth-order valence-electron chi connectivity index (χ4n) is 1.68. The van der Waals surface area contributed by atoms with Gasteiger partial charge in [0.2, 0.25) is 0 Å². The van der Waals surface area contributed by atoms with Crippen molar-refractivity contribution < 1.29 is 9.53 Å². The van der Waals surface area contributed by atoms with Gasteiger partial charge in [-0.15, -0.1) is 11.3 Å². The molecule has 17 heavy (non-hydrogen) atoms. The van der Waals surface area contributed by atoms with E-state index in [9.17, 15) is 4.79 Å². The Kier molecular flexibility index (Phi) is 3.59. The first-order chi connectivity index (χ1) is 8.16. The van der Waals surface area contributed by atoms with E-state index in [1.165, 1.54) is 17.4 Å². The summed E-state index contributed by atoms with van der Waals surface area (Å²) in [5, 5.41) is 2.06. The van der Waals surface area contributed by atoms with Crippen molar-refractivity contribution in [3.8, 4) is 10.4 Å². The second kappa shape index (κ2) is 5.15. The number of hydrogen-bond donors (Lipinski definition) is 0. The van der Waals surface area contributed by atoms with Crippen molar-refractivity contribution >= 4 is 17.3 Å². The molecule has 0 saturated heterocycles. The molecule has 0 saturated carbocycles. The van der Waals surface area contributed by atoms with Crippen LogP contribution in [0.4, 0.5) is 0 Å². The molecule has 2 rings (SSSR count). The second-order valence-corrected chi connectivity index (χ2v) is 4.80. The van der Waals surface area contributed by atoms with E-state index in [1.807, 2.05) is 25.1 Å². The van der Waals surface area contributed by atoms with E-state index in [2.05, 4.69) is 23.6 Å². The van der Waals surface area contributed by atoms with Crippen LogP contribution in [-0.2, 0) is 9.53 Å². The largest absolute Gasteiger partial charge is 0.458 e. The molecule has 2 nitrogen and oxygen atoms in total. The Hall–Kier alpha value is -1.61. The van der Waals surface area contributed by atoms with Gasteiger partial charge in [-0.2, -0.15) is 0 Å². The molecule has 1 atom stereocenters. The highest BCUT2D eigenvalue weighted by molar-refractivity contribution is 7.13. The van der Waals surface area contributed by atoms with Crippen molar-refractivity contribution in [2.45, 2.75) is 20.0 Å². The molecule has 0 bridgehead atoms. The first-order valence-corrected chi connectivity index (χ1v) is 6.36. The Labute approximate surface area is 105 Å². The average molecular weight is 246 g/mol. The van der Waals surface area contributed by atoms with Crippen LogP contribution in [0.25, 0.3) is 10.4 Å². The lowest BCUT2D eigenvalue weighted by Gasteiger charge is -2.12. The third kappa shape index (κ3) is 2.94. The van der Waals surface area contributed by atoms with Crippen molar-refractivity contribution in [2.75, 3.05) is 0 Å². The first-order valence-electron chi connectivity index (χ1n) is 5.48. The SMILES string of the molecule is CC(=O)OC(C)c1ccc(-c2cccs2)cc1. The minimum Gasteiger partial charge on any atom is -0.458 e. The van der Waals surface area contributed by atoms with Gasteiger partial charge in [0.15, 0.2) is 0 Å². The van der Waals surface area contributed by atoms with Crippen molar-refractivity contribution in [3.05, 3.63) is 47.3 Å². The Bertz CT molecular complexity index is 485. The molecule has 3 heteroatoms. The van der Waals surface area contributed by atoms with Gasteiger partial charge in [-0.1, -0.05) is 30.3 Å². The predicted molar refractivity (Wildman–Crippen MR) is 69.9 cm³/mol. The standard InChI is InChI=1S/C14H14O2S/c1-10(16-11(2)15)12-5-7-13(8-6-12)14-4-3-9-17-14/h3-10H,1-2H3. The van der Waals surface area contributed by atoms with Gasteiger partial charge >= 0.3 is 5.97 Å². The lowest BCUT2D eigenvalue weighted by Crippen LogP contribution is -2.04. The normalized spacial score (nSPS) is 12.1. The number of thiophene rings is 1. The fraction of sp³-hybridized carbons (Fsp3) is 0.214. The third-order valence-electron chi connectivity index (χ3n) is 2.53. The summed E-state index contributed by atoms with van der Waals surface area (Å²) < 4.78 is 5.13. The molecule has 0 aliphatic rings. The molecule has 88 valence electrons. The molecule has 0 fully saturated rings. The molecule has 1 aromatic carbocycles. The van der Waals surface area contributed by atoms with Gasteiger partial charge in [0.1, 0.15) is 6.10 Å². The smallest absolute Gasteiger partial charge is 0.303 e. The van der Waals surface area contributed by atoms with E-state index >= 15 is 0 Å². The summed E-state index contributed by atoms with van der Waals surface area (Å²) in [5.74, 6) is -0.250. The molecule has 0 aliphatic carbocycles. The maximum absolute atomic E-state index is 10.9. The Morgan fingerprint density at radius 3 is 2.47 bits per heavy atom. The van der Waals surface area contributed by atoms with Crippen molar-refractivity contribution in [3.63, 3.8) is 0 Å². The van der Waals surface area contributed by atoms with Crippen molar-refractivity contribution in [2.24, 2.45) is 0 Å². The van der Waals surface area contributed by atoms with Crippen LogP contribution in [0.15, 0.2) is 41.8 Å². The maximum atomic E-state index is 10.9. The van der Waals surface area contributed by atoms with E-state index in [-0.39, 0.29) is 12.1 Å². The highest BCUT2D eigenvalue weighted by Crippen LogP contribution is 2.26. The third-order valence-corrected chi connectivity index (χ3v) is 3.45. The first kappa shape index (κ1) is 11.9. The van der Waals surface area contributed by atoms with Crippen LogP contribution in [0.5, 0.6) is 0 Å². The van der Waals surface area contributed by atoms with Crippen LogP contribution >= 0.6 is 11.3 Å². The molecule has 1 unspecified atom stereocenters. The molecule has 0 N–H and O–H groups in total. The summed E-state index contributed by atoms with van der Waals surface area (Å²) in [6, 6.07) is 12.2. The maximum Gasteiger partial charge on any atom is 0.303 e. The quantitative estimate of drug-likeness (QED) is 0.764. The molecule has 0 aliphatic heterocycles. The Morgan fingerprint density at radius 2 is 1.94 bits per heavy atom. The van der Waals surface area contributed by atoms with Crippen molar-refractivity contribution in [1.29, 1.82) is 0 Å². The van der Waals surface area contributed by atoms with Gasteiger partial charge in [0.05, 0.1) is 0 Å². The zero-order valence-corrected chi connectivity index (χ0v) is 10.7. The second-order valence-electron chi connectivity index (χ2n) is 3.85. The number of esters is 1. The molecule has 1 heterocycles. The summed E-state index contributed by atoms with van der Waals surface area (Å²) in [6.07, 6.45) is -0.190. The number of carbonyl (C=O) groups excluding carboxylic acids is 1. The monoisotopic (exact) mass is 246 g/mol. The summed E-state index contributed by atoms with van der Waals surface area (Å²) in [7, 11) is 0. The van der Waals surface area contributed by atoms with E-state index in [0.29, 0.717) is 0 Å². The number of hydrogen-bond acceptors (Lipinski definition) is 3. The van der Waals surface area contributed by atoms with Crippen LogP contribution in [0, 0.1) is 0 Å². The van der Waals surface area contributed by atoms with Crippen LogP contribution in [-0.4, -0.2) is 5.97 Å². The van der Waals surface area contributed by atoms with Gasteiger partial charge in [0, 0.05) is 11.8 Å². The minimum absolute atomic E-state index is 0.190. The number of benzene rings is 1. The molecule has 1 aromatic heterocycles. The topological polar surface area (TPSA) is 26.3 Å². The highest BCUT2D eigenvalue weighted by atomic mass is 32.1. The molecular weight excluding hydrogens is 232 g/mol. The zero-order valence-electron chi connectivity index (χ0n) is 9.84. The molecule has 0 spiro atoms. The molecule has 2 aromatic rings. The van der Waals surface area contributed by atoms with Gasteiger partial charge in [-0.3, -0.25) is 4.79 Å². The fourth-order valence-corrected chi connectivity index (χ4v) is 2.41. The Morgan fingerprint density at radius 1 is 1.24 bits per heavy atom. The minimum atomic E-state index is -0.250. The van der Waals surface area contributed by atoms with E-state index in [0.717, 1.165) is 5.56 Å². The van der Waals surface area contributed by atoms with Gasteiger partial charge in [0.25, 0.3) is 0 Å². The molecule has 0 amide bonds. The van der Waals surface area contributed by atoms with Gasteiger partial charge in [-0.05, 0) is 29.5 Å². The molecule has 0 radical (unpaired) electrons. The van der Waals surface area contributed by atoms with Crippen molar-refractivity contribution in [1.82, 2.24) is 0 Å². The summed E-state index contributed by atoms with van der Waals surface area (Å²) in [6.45, 7) is 3.30. The van der Waals surface area contributed by atoms with Crippen LogP contribution in [0.2, 0.25) is 0 Å². The molecular formula is C14H14O2S. The van der Waals surface area contributed by atoms with Crippen LogP contribution in [0.1, 0.15) is 25.5 Å². The van der Waals surface area contributed by atoms with E-state index in [1.54, 1.807) is 11.3 Å². The van der Waals surface area contributed by atoms with Gasteiger partial charge < -0.3 is 4.74 Å². The van der Waals surface area contributed by atoms with Crippen LogP contribution in [0.3, 0.4) is 0 Å². The summed E-state index contributed by atoms with van der Waals surface area (Å²) in [4.78, 5) is 12.1. The number of ether oxygens (including phenoxy) is 1. The lowest BCUT2D eigenvalue weighted by atomic mass is 10.1. The van der Waals surface area contributed by atoms with E-state index < -0.39 is 0 Å². The number of rotatable bonds is 3. The average Bonchev–Trinajstić information content (AvgIpc) is 2.82. The lowest BCUT2D eigenvalue weighted by molar-refractivity contribution is -0.145. The van der Waals surface area contributed by atoms with Gasteiger partial charge in [-0.25, -0.2) is 0 Å². The number of carbonyl (C=O) groups is 1. The van der Waals surface area contributed by atoms with Crippen LogP contribution < -0.4 is 0 Å². The summed E-state index contributed by atoms with van der Waals surface area (Å²) in [5.41, 5.74) is 2.21.